The predicted molar refractivity (Wildman–Crippen MR) is 123 cm³/mol. The summed E-state index contributed by atoms with van der Waals surface area (Å²) in [6.07, 6.45) is -0.205. The van der Waals surface area contributed by atoms with Crippen molar-refractivity contribution in [1.82, 2.24) is 5.01 Å². The molecule has 0 aromatic heterocycles. The third kappa shape index (κ3) is 3.70. The summed E-state index contributed by atoms with van der Waals surface area (Å²) >= 11 is 9.68. The summed E-state index contributed by atoms with van der Waals surface area (Å²) in [6, 6.07) is 20.4. The molecule has 0 unspecified atom stereocenters. The zero-order valence-corrected chi connectivity index (χ0v) is 18.9. The Kier molecular flexibility index (Phi) is 5.20. The topological polar surface area (TPSA) is 51.1 Å². The van der Waals surface area contributed by atoms with E-state index in [0.29, 0.717) is 22.8 Å². The van der Waals surface area contributed by atoms with Gasteiger partial charge in [0.2, 0.25) is 5.78 Å². The molecule has 0 aliphatic carbocycles. The highest BCUT2D eigenvalue weighted by Gasteiger charge is 2.43. The van der Waals surface area contributed by atoms with Crippen molar-refractivity contribution in [2.45, 2.75) is 18.7 Å². The van der Waals surface area contributed by atoms with Crippen molar-refractivity contribution in [3.8, 4) is 11.5 Å². The summed E-state index contributed by atoms with van der Waals surface area (Å²) in [5.74, 6) is 1.30. The van der Waals surface area contributed by atoms with Gasteiger partial charge in [-0.3, -0.25) is 4.79 Å². The molecule has 2 heterocycles. The van der Waals surface area contributed by atoms with Gasteiger partial charge in [-0.15, -0.1) is 0 Å². The van der Waals surface area contributed by atoms with Gasteiger partial charge < -0.3 is 9.47 Å². The largest absolute Gasteiger partial charge is 0.497 e. The zero-order valence-electron chi connectivity index (χ0n) is 16.6. The maximum Gasteiger partial charge on any atom is 0.251 e. The summed E-state index contributed by atoms with van der Waals surface area (Å²) in [5.41, 5.74) is 3.36. The van der Waals surface area contributed by atoms with Gasteiger partial charge in [0, 0.05) is 27.0 Å². The molecule has 0 radical (unpaired) electrons. The molecule has 3 aromatic carbocycles. The number of halogens is 2. The average Bonchev–Trinajstić information content (AvgIpc) is 3.24. The van der Waals surface area contributed by atoms with E-state index in [1.54, 1.807) is 30.3 Å². The Hall–Kier alpha value is -2.83. The molecule has 0 N–H and O–H groups in total. The second-order valence-electron chi connectivity index (χ2n) is 7.40. The molecule has 7 heteroatoms. The number of Topliss-reactive ketones (excluding diaryl/α,β-unsaturated/α-hetero) is 1. The Labute approximate surface area is 193 Å². The molecule has 3 aromatic rings. The monoisotopic (exact) mass is 496 g/mol. The Morgan fingerprint density at radius 2 is 1.87 bits per heavy atom. The second-order valence-corrected chi connectivity index (χ2v) is 8.75. The van der Waals surface area contributed by atoms with E-state index in [-0.39, 0.29) is 11.8 Å². The Morgan fingerprint density at radius 3 is 2.58 bits per heavy atom. The van der Waals surface area contributed by atoms with Crippen LogP contribution in [0.3, 0.4) is 0 Å². The van der Waals surface area contributed by atoms with Crippen molar-refractivity contribution in [2.75, 3.05) is 7.11 Å². The van der Waals surface area contributed by atoms with E-state index < -0.39 is 6.23 Å². The SMILES string of the molecule is COc1ccc(C2=NN3[C@@H](C(=O)c4ccc(Br)cc4)Oc4ccc(Cl)cc4[C@H]3C2)cc1. The highest BCUT2D eigenvalue weighted by atomic mass is 79.9. The molecule has 2 aliphatic rings. The first-order valence-corrected chi connectivity index (χ1v) is 11.0. The molecule has 0 fully saturated rings. The summed E-state index contributed by atoms with van der Waals surface area (Å²) < 4.78 is 12.3. The first-order valence-electron chi connectivity index (χ1n) is 9.79. The number of nitrogens with zero attached hydrogens (tertiary/aromatic N) is 2. The molecule has 5 rings (SSSR count). The molecule has 31 heavy (non-hydrogen) atoms. The van der Waals surface area contributed by atoms with E-state index in [1.807, 2.05) is 48.5 Å². The van der Waals surface area contributed by atoms with Crippen LogP contribution in [0, 0.1) is 0 Å². The number of hydrazone groups is 1. The molecule has 0 saturated heterocycles. The van der Waals surface area contributed by atoms with Gasteiger partial charge >= 0.3 is 0 Å². The van der Waals surface area contributed by atoms with E-state index in [4.69, 9.17) is 26.2 Å². The van der Waals surface area contributed by atoms with Crippen molar-refractivity contribution >= 4 is 39.0 Å². The Morgan fingerprint density at radius 1 is 1.13 bits per heavy atom. The summed E-state index contributed by atoms with van der Waals surface area (Å²) in [7, 11) is 1.64. The number of hydrogen-bond donors (Lipinski definition) is 0. The van der Waals surface area contributed by atoms with Gasteiger partial charge in [0.1, 0.15) is 11.5 Å². The first kappa shape index (κ1) is 20.1. The number of fused-ring (bicyclic) bond motifs is 3. The standard InChI is InChI=1S/C24H18BrClN2O3/c1-30-18-9-4-14(5-10-18)20-13-21-19-12-17(26)8-11-22(19)31-24(28(21)27-20)23(29)15-2-6-16(25)7-3-15/h2-12,21,24H,13H2,1H3/t21-,24-/m1/s1. The van der Waals surface area contributed by atoms with Crippen molar-refractivity contribution in [2.24, 2.45) is 5.10 Å². The lowest BCUT2D eigenvalue weighted by molar-refractivity contribution is -0.00455. The quantitative estimate of drug-likeness (QED) is 0.424. The van der Waals surface area contributed by atoms with Gasteiger partial charge in [0.25, 0.3) is 6.23 Å². The van der Waals surface area contributed by atoms with Crippen molar-refractivity contribution in [3.63, 3.8) is 0 Å². The minimum absolute atomic E-state index is 0.135. The lowest BCUT2D eigenvalue weighted by Crippen LogP contribution is -2.45. The van der Waals surface area contributed by atoms with Crippen LogP contribution in [0.25, 0.3) is 0 Å². The van der Waals surface area contributed by atoms with Crippen LogP contribution in [0.5, 0.6) is 11.5 Å². The van der Waals surface area contributed by atoms with E-state index in [2.05, 4.69) is 15.9 Å². The number of rotatable bonds is 4. The number of ether oxygens (including phenoxy) is 2. The van der Waals surface area contributed by atoms with Crippen molar-refractivity contribution in [1.29, 1.82) is 0 Å². The molecule has 0 saturated carbocycles. The summed E-state index contributed by atoms with van der Waals surface area (Å²) in [4.78, 5) is 13.4. The number of ketones is 1. The van der Waals surface area contributed by atoms with Gasteiger partial charge in [-0.05, 0) is 60.2 Å². The van der Waals surface area contributed by atoms with Crippen LogP contribution in [0.4, 0.5) is 0 Å². The molecule has 2 atom stereocenters. The Bertz CT molecular complexity index is 1180. The summed E-state index contributed by atoms with van der Waals surface area (Å²) in [5, 5.41) is 7.21. The lowest BCUT2D eigenvalue weighted by atomic mass is 9.95. The fraction of sp³-hybridized carbons (Fsp3) is 0.167. The molecular formula is C24H18BrClN2O3. The van der Waals surface area contributed by atoms with Crippen LogP contribution >= 0.6 is 27.5 Å². The maximum atomic E-state index is 13.4. The molecule has 0 bridgehead atoms. The van der Waals surface area contributed by atoms with Crippen molar-refractivity contribution in [3.05, 3.63) is 92.9 Å². The molecule has 2 aliphatic heterocycles. The fourth-order valence-corrected chi connectivity index (χ4v) is 4.39. The minimum Gasteiger partial charge on any atom is -0.497 e. The third-order valence-electron chi connectivity index (χ3n) is 5.53. The molecule has 0 spiro atoms. The van der Waals surface area contributed by atoms with Gasteiger partial charge in [-0.1, -0.05) is 39.7 Å². The number of benzene rings is 3. The molecule has 5 nitrogen and oxygen atoms in total. The van der Waals surface area contributed by atoms with Crippen LogP contribution in [-0.2, 0) is 0 Å². The van der Waals surface area contributed by atoms with Crippen LogP contribution in [0.1, 0.15) is 33.9 Å². The third-order valence-corrected chi connectivity index (χ3v) is 6.29. The van der Waals surface area contributed by atoms with Gasteiger partial charge in [-0.2, -0.15) is 5.10 Å². The van der Waals surface area contributed by atoms with Crippen LogP contribution in [0.2, 0.25) is 5.02 Å². The molecular weight excluding hydrogens is 480 g/mol. The fourth-order valence-electron chi connectivity index (χ4n) is 3.95. The van der Waals surface area contributed by atoms with Gasteiger partial charge in [0.15, 0.2) is 0 Å². The van der Waals surface area contributed by atoms with Crippen LogP contribution in [-0.4, -0.2) is 29.8 Å². The van der Waals surface area contributed by atoms with E-state index >= 15 is 0 Å². The molecule has 156 valence electrons. The molecule has 0 amide bonds. The maximum absolute atomic E-state index is 13.4. The van der Waals surface area contributed by atoms with E-state index in [9.17, 15) is 4.79 Å². The minimum atomic E-state index is -0.851. The summed E-state index contributed by atoms with van der Waals surface area (Å²) in [6.45, 7) is 0. The number of carbonyl (C=O) groups excluding carboxylic acids is 1. The smallest absolute Gasteiger partial charge is 0.251 e. The normalized spacial score (nSPS) is 19.2. The van der Waals surface area contributed by atoms with E-state index in [0.717, 1.165) is 27.1 Å². The van der Waals surface area contributed by atoms with Crippen molar-refractivity contribution < 1.29 is 14.3 Å². The number of hydrogen-bond acceptors (Lipinski definition) is 5. The number of methoxy groups -OCH3 is 1. The van der Waals surface area contributed by atoms with Crippen LogP contribution in [0.15, 0.2) is 76.3 Å². The van der Waals surface area contributed by atoms with Crippen LogP contribution < -0.4 is 9.47 Å². The van der Waals surface area contributed by atoms with Gasteiger partial charge in [-0.25, -0.2) is 5.01 Å². The average molecular weight is 498 g/mol. The lowest BCUT2D eigenvalue weighted by Gasteiger charge is -2.37. The second kappa shape index (κ2) is 8.02. The highest BCUT2D eigenvalue weighted by Crippen LogP contribution is 2.44. The first-order chi connectivity index (χ1) is 15.0. The van der Waals surface area contributed by atoms with E-state index in [1.165, 1.54) is 0 Å². The number of carbonyl (C=O) groups is 1. The van der Waals surface area contributed by atoms with Gasteiger partial charge in [0.05, 0.1) is 18.9 Å². The predicted octanol–water partition coefficient (Wildman–Crippen LogP) is 5.86. The highest BCUT2D eigenvalue weighted by molar-refractivity contribution is 9.10. The zero-order chi connectivity index (χ0) is 21.5. The Balaban J connectivity index is 1.55.